The third kappa shape index (κ3) is 1.25. The lowest BCUT2D eigenvalue weighted by Gasteiger charge is -2.33. The van der Waals surface area contributed by atoms with Crippen LogP contribution < -0.4 is 5.32 Å². The van der Waals surface area contributed by atoms with Crippen LogP contribution in [0.3, 0.4) is 0 Å². The molecule has 0 aromatic rings. The predicted molar refractivity (Wildman–Crippen MR) is 47.4 cm³/mol. The summed E-state index contributed by atoms with van der Waals surface area (Å²) in [5.41, 5.74) is 1.46. The van der Waals surface area contributed by atoms with Crippen LogP contribution in [0.25, 0.3) is 0 Å². The van der Waals surface area contributed by atoms with Crippen molar-refractivity contribution in [3.8, 4) is 0 Å². The van der Waals surface area contributed by atoms with Gasteiger partial charge in [-0.2, -0.15) is 0 Å². The molecule has 1 nitrogen and oxygen atoms in total. The Hall–Kier alpha value is -0.560. The summed E-state index contributed by atoms with van der Waals surface area (Å²) < 4.78 is 0. The highest BCUT2D eigenvalue weighted by molar-refractivity contribution is 5.15. The molecule has 0 radical (unpaired) electrons. The Balaban J connectivity index is 1.99. The fourth-order valence-corrected chi connectivity index (χ4v) is 1.88. The van der Waals surface area contributed by atoms with Crippen LogP contribution >= 0.6 is 0 Å². The number of hydrogen-bond donors (Lipinski definition) is 1. The van der Waals surface area contributed by atoms with Gasteiger partial charge >= 0.3 is 0 Å². The Bertz CT molecular complexity index is 193. The molecule has 0 spiro atoms. The minimum absolute atomic E-state index is 0.730. The van der Waals surface area contributed by atoms with E-state index in [1.54, 1.807) is 0 Å². The highest BCUT2D eigenvalue weighted by atomic mass is 14.9. The Kier molecular flexibility index (Phi) is 1.82. The molecule has 1 N–H and O–H groups in total. The molecule has 0 amide bonds. The molecule has 1 aliphatic carbocycles. The van der Waals surface area contributed by atoms with Gasteiger partial charge < -0.3 is 5.32 Å². The zero-order chi connectivity index (χ0) is 7.68. The monoisotopic (exact) mass is 149 g/mol. The molecule has 1 aliphatic heterocycles. The summed E-state index contributed by atoms with van der Waals surface area (Å²) in [6.07, 6.45) is 7.02. The van der Waals surface area contributed by atoms with E-state index >= 15 is 0 Å². The Morgan fingerprint density at radius 2 is 2.36 bits per heavy atom. The second-order valence-electron chi connectivity index (χ2n) is 3.55. The number of hydrogen-bond acceptors (Lipinski definition) is 1. The summed E-state index contributed by atoms with van der Waals surface area (Å²) in [6, 6.07) is 0. The van der Waals surface area contributed by atoms with Crippen LogP contribution in [-0.4, -0.2) is 13.1 Å². The van der Waals surface area contributed by atoms with E-state index in [1.807, 2.05) is 0 Å². The van der Waals surface area contributed by atoms with Crippen molar-refractivity contribution in [3.05, 3.63) is 24.3 Å². The maximum Gasteiger partial charge on any atom is 0.00227 e. The van der Waals surface area contributed by atoms with Crippen molar-refractivity contribution in [2.75, 3.05) is 13.1 Å². The quantitative estimate of drug-likeness (QED) is 0.560. The van der Waals surface area contributed by atoms with Crippen molar-refractivity contribution < 1.29 is 0 Å². The third-order valence-corrected chi connectivity index (χ3v) is 2.82. The summed E-state index contributed by atoms with van der Waals surface area (Å²) in [4.78, 5) is 0. The first-order valence-electron chi connectivity index (χ1n) is 4.43. The van der Waals surface area contributed by atoms with E-state index < -0.39 is 0 Å². The largest absolute Gasteiger partial charge is 0.316 e. The minimum atomic E-state index is 0.730. The van der Waals surface area contributed by atoms with Crippen molar-refractivity contribution in [2.24, 2.45) is 11.8 Å². The van der Waals surface area contributed by atoms with Gasteiger partial charge in [0.2, 0.25) is 0 Å². The van der Waals surface area contributed by atoms with E-state index in [2.05, 4.69) is 24.0 Å². The molecular formula is C10H15N. The second kappa shape index (κ2) is 2.82. The molecule has 1 heteroatoms. The van der Waals surface area contributed by atoms with Crippen LogP contribution in [0.5, 0.6) is 0 Å². The average Bonchev–Trinajstić information content (AvgIpc) is 1.90. The molecule has 0 aromatic heterocycles. The van der Waals surface area contributed by atoms with Gasteiger partial charge in [0.25, 0.3) is 0 Å². The van der Waals surface area contributed by atoms with Crippen LogP contribution in [0.2, 0.25) is 0 Å². The lowest BCUT2D eigenvalue weighted by Crippen LogP contribution is -2.36. The summed E-state index contributed by atoms with van der Waals surface area (Å²) in [5, 5.41) is 3.42. The number of piperidine rings is 1. The SMILES string of the molecule is C=C1CCNCC1[C@H]1C=CC1. The van der Waals surface area contributed by atoms with Crippen molar-refractivity contribution in [1.29, 1.82) is 0 Å². The van der Waals surface area contributed by atoms with Crippen molar-refractivity contribution in [3.63, 3.8) is 0 Å². The topological polar surface area (TPSA) is 12.0 Å². The van der Waals surface area contributed by atoms with Gasteiger partial charge in [-0.25, -0.2) is 0 Å². The molecule has 2 rings (SSSR count). The standard InChI is InChI=1S/C10H15N/c1-8-5-6-11-7-10(8)9-3-2-4-9/h2-3,9-11H,1,4-7H2/t9-,10?/m0/s1. The van der Waals surface area contributed by atoms with Crippen LogP contribution in [0, 0.1) is 11.8 Å². The van der Waals surface area contributed by atoms with E-state index in [0.717, 1.165) is 24.9 Å². The molecule has 1 unspecified atom stereocenters. The van der Waals surface area contributed by atoms with Gasteiger partial charge in [-0.15, -0.1) is 0 Å². The third-order valence-electron chi connectivity index (χ3n) is 2.82. The molecule has 2 aliphatic rings. The highest BCUT2D eigenvalue weighted by Crippen LogP contribution is 2.32. The van der Waals surface area contributed by atoms with Crippen LogP contribution in [0.1, 0.15) is 12.8 Å². The molecular weight excluding hydrogens is 134 g/mol. The molecule has 1 saturated heterocycles. The average molecular weight is 149 g/mol. The first kappa shape index (κ1) is 7.11. The van der Waals surface area contributed by atoms with E-state index in [1.165, 1.54) is 18.4 Å². The fourth-order valence-electron chi connectivity index (χ4n) is 1.88. The molecule has 1 heterocycles. The highest BCUT2D eigenvalue weighted by Gasteiger charge is 2.26. The van der Waals surface area contributed by atoms with Crippen molar-refractivity contribution in [1.82, 2.24) is 5.32 Å². The van der Waals surface area contributed by atoms with Crippen molar-refractivity contribution >= 4 is 0 Å². The maximum atomic E-state index is 4.12. The van der Waals surface area contributed by atoms with E-state index in [4.69, 9.17) is 0 Å². The summed E-state index contributed by atoms with van der Waals surface area (Å²) in [7, 11) is 0. The van der Waals surface area contributed by atoms with Gasteiger partial charge in [0.1, 0.15) is 0 Å². The Morgan fingerprint density at radius 3 is 2.91 bits per heavy atom. The predicted octanol–water partition coefficient (Wildman–Crippen LogP) is 1.73. The Labute approximate surface area is 68.2 Å². The van der Waals surface area contributed by atoms with Gasteiger partial charge in [-0.05, 0) is 31.2 Å². The summed E-state index contributed by atoms with van der Waals surface area (Å²) in [6.45, 7) is 6.40. The van der Waals surface area contributed by atoms with Crippen LogP contribution in [-0.2, 0) is 0 Å². The zero-order valence-electron chi connectivity index (χ0n) is 6.84. The van der Waals surface area contributed by atoms with Gasteiger partial charge in [-0.1, -0.05) is 24.3 Å². The van der Waals surface area contributed by atoms with Gasteiger partial charge in [0.05, 0.1) is 0 Å². The van der Waals surface area contributed by atoms with E-state index in [0.29, 0.717) is 0 Å². The molecule has 0 saturated carbocycles. The minimum Gasteiger partial charge on any atom is -0.316 e. The van der Waals surface area contributed by atoms with E-state index in [-0.39, 0.29) is 0 Å². The zero-order valence-corrected chi connectivity index (χ0v) is 6.84. The molecule has 2 atom stereocenters. The number of rotatable bonds is 1. The van der Waals surface area contributed by atoms with E-state index in [9.17, 15) is 0 Å². The summed E-state index contributed by atoms with van der Waals surface area (Å²) >= 11 is 0. The molecule has 0 aromatic carbocycles. The normalized spacial score (nSPS) is 36.9. The lowest BCUT2D eigenvalue weighted by molar-refractivity contribution is 0.366. The number of nitrogens with one attached hydrogen (secondary N) is 1. The Morgan fingerprint density at radius 1 is 1.55 bits per heavy atom. The molecule has 1 fully saturated rings. The van der Waals surface area contributed by atoms with Gasteiger partial charge in [-0.3, -0.25) is 0 Å². The van der Waals surface area contributed by atoms with Crippen LogP contribution in [0.4, 0.5) is 0 Å². The van der Waals surface area contributed by atoms with Gasteiger partial charge in [0, 0.05) is 6.54 Å². The first-order chi connectivity index (χ1) is 5.38. The van der Waals surface area contributed by atoms with Gasteiger partial charge in [0.15, 0.2) is 0 Å². The smallest absolute Gasteiger partial charge is 0.00227 e. The molecule has 60 valence electrons. The maximum absolute atomic E-state index is 4.12. The fraction of sp³-hybridized carbons (Fsp3) is 0.600. The lowest BCUT2D eigenvalue weighted by atomic mass is 9.76. The first-order valence-corrected chi connectivity index (χ1v) is 4.43. The van der Waals surface area contributed by atoms with Crippen LogP contribution in [0.15, 0.2) is 24.3 Å². The molecule has 0 bridgehead atoms. The number of allylic oxidation sites excluding steroid dienone is 2. The summed E-state index contributed by atoms with van der Waals surface area (Å²) in [5.74, 6) is 1.53. The molecule has 11 heavy (non-hydrogen) atoms. The second-order valence-corrected chi connectivity index (χ2v) is 3.55. The van der Waals surface area contributed by atoms with Crippen molar-refractivity contribution in [2.45, 2.75) is 12.8 Å².